The largest absolute Gasteiger partial charge is 0.484 e. The third-order valence-corrected chi connectivity index (χ3v) is 6.71. The predicted octanol–water partition coefficient (Wildman–Crippen LogP) is 5.32. The molecule has 0 bridgehead atoms. The van der Waals surface area contributed by atoms with Crippen molar-refractivity contribution in [2.75, 3.05) is 25.1 Å². The van der Waals surface area contributed by atoms with Crippen molar-refractivity contribution < 1.29 is 28.7 Å². The zero-order chi connectivity index (χ0) is 26.4. The Morgan fingerprint density at radius 2 is 1.78 bits per heavy atom. The zero-order valence-electron chi connectivity index (χ0n) is 20.4. The Balaban J connectivity index is 1.55. The number of benzene rings is 2. The quantitative estimate of drug-likeness (QED) is 0.319. The smallest absolute Gasteiger partial charge is 0.326 e. The molecular formula is C26H27BrN2O6S. The van der Waals surface area contributed by atoms with Crippen LogP contribution < -0.4 is 10.1 Å². The van der Waals surface area contributed by atoms with Crippen LogP contribution in [0.3, 0.4) is 0 Å². The summed E-state index contributed by atoms with van der Waals surface area (Å²) in [7, 11) is 0. The third-order valence-electron chi connectivity index (χ3n) is 5.14. The van der Waals surface area contributed by atoms with E-state index < -0.39 is 23.7 Å². The van der Waals surface area contributed by atoms with E-state index in [2.05, 4.69) is 21.2 Å². The van der Waals surface area contributed by atoms with Crippen LogP contribution in [0.25, 0.3) is 6.08 Å². The van der Waals surface area contributed by atoms with Crippen LogP contribution in [-0.4, -0.2) is 47.7 Å². The van der Waals surface area contributed by atoms with Gasteiger partial charge in [0.15, 0.2) is 6.61 Å². The fourth-order valence-electron chi connectivity index (χ4n) is 3.09. The predicted molar refractivity (Wildman–Crippen MR) is 143 cm³/mol. The number of amides is 3. The summed E-state index contributed by atoms with van der Waals surface area (Å²) in [4.78, 5) is 50.1. The average Bonchev–Trinajstić information content (AvgIpc) is 3.08. The highest BCUT2D eigenvalue weighted by Gasteiger charge is 2.36. The summed E-state index contributed by atoms with van der Waals surface area (Å²) in [5, 5.41) is 2.30. The molecule has 0 atom stereocenters. The maximum Gasteiger partial charge on any atom is 0.326 e. The molecule has 0 aliphatic carbocycles. The van der Waals surface area contributed by atoms with E-state index in [9.17, 15) is 19.2 Å². The Hall–Kier alpha value is -3.11. The molecule has 0 radical (unpaired) electrons. The first-order valence-electron chi connectivity index (χ1n) is 11.2. The van der Waals surface area contributed by atoms with Crippen molar-refractivity contribution in [3.05, 3.63) is 62.5 Å². The second kappa shape index (κ2) is 12.2. The lowest BCUT2D eigenvalue weighted by molar-refractivity contribution is -0.147. The number of nitrogens with zero attached hydrogens (tertiary/aromatic N) is 1. The van der Waals surface area contributed by atoms with Gasteiger partial charge in [-0.15, -0.1) is 0 Å². The molecule has 3 rings (SSSR count). The van der Waals surface area contributed by atoms with Gasteiger partial charge in [0.05, 0.1) is 17.2 Å². The second-order valence-electron chi connectivity index (χ2n) is 8.67. The van der Waals surface area contributed by atoms with Crippen molar-refractivity contribution in [2.24, 2.45) is 5.92 Å². The van der Waals surface area contributed by atoms with Crippen LogP contribution in [0.2, 0.25) is 0 Å². The van der Waals surface area contributed by atoms with Gasteiger partial charge in [0.25, 0.3) is 17.1 Å². The first-order chi connectivity index (χ1) is 17.0. The second-order valence-corrected chi connectivity index (χ2v) is 10.5. The lowest BCUT2D eigenvalue weighted by Gasteiger charge is -2.12. The van der Waals surface area contributed by atoms with E-state index in [1.165, 1.54) is 0 Å². The van der Waals surface area contributed by atoms with Gasteiger partial charge in [-0.2, -0.15) is 0 Å². The van der Waals surface area contributed by atoms with Gasteiger partial charge in [0, 0.05) is 4.47 Å². The number of hydrogen-bond donors (Lipinski definition) is 1. The fourth-order valence-corrected chi connectivity index (χ4v) is 4.49. The van der Waals surface area contributed by atoms with Crippen molar-refractivity contribution in [2.45, 2.75) is 27.7 Å². The lowest BCUT2D eigenvalue weighted by atomic mass is 10.1. The zero-order valence-corrected chi connectivity index (χ0v) is 22.8. The van der Waals surface area contributed by atoms with E-state index in [-0.39, 0.29) is 29.9 Å². The number of anilines is 1. The number of carbonyl (C=O) groups excluding carboxylic acids is 4. The normalized spacial score (nSPS) is 14.5. The summed E-state index contributed by atoms with van der Waals surface area (Å²) in [6.45, 7) is 7.39. The highest BCUT2D eigenvalue weighted by Crippen LogP contribution is 2.32. The summed E-state index contributed by atoms with van der Waals surface area (Å²) in [6, 6.07) is 10.6. The number of imide groups is 1. The van der Waals surface area contributed by atoms with Gasteiger partial charge in [0.1, 0.15) is 12.3 Å². The third kappa shape index (κ3) is 7.44. The number of halogens is 1. The number of carbonyl (C=O) groups is 4. The molecule has 0 aromatic heterocycles. The van der Waals surface area contributed by atoms with Crippen molar-refractivity contribution in [1.82, 2.24) is 4.90 Å². The van der Waals surface area contributed by atoms with Crippen molar-refractivity contribution in [1.29, 1.82) is 0 Å². The highest BCUT2D eigenvalue weighted by molar-refractivity contribution is 9.10. The van der Waals surface area contributed by atoms with Crippen LogP contribution in [0.1, 0.15) is 30.5 Å². The molecule has 190 valence electrons. The van der Waals surface area contributed by atoms with Crippen LogP contribution in [0.5, 0.6) is 5.75 Å². The van der Waals surface area contributed by atoms with Crippen LogP contribution in [0.4, 0.5) is 10.5 Å². The van der Waals surface area contributed by atoms with Gasteiger partial charge in [-0.05, 0) is 94.5 Å². The van der Waals surface area contributed by atoms with E-state index in [1.54, 1.807) is 30.3 Å². The monoisotopic (exact) mass is 574 g/mol. The molecule has 1 heterocycles. The minimum Gasteiger partial charge on any atom is -0.484 e. The Morgan fingerprint density at radius 3 is 2.44 bits per heavy atom. The minimum absolute atomic E-state index is 0.157. The number of rotatable bonds is 9. The maximum atomic E-state index is 12.6. The molecule has 2 aromatic rings. The first kappa shape index (κ1) is 27.5. The molecule has 1 aliphatic heterocycles. The molecule has 3 amide bonds. The summed E-state index contributed by atoms with van der Waals surface area (Å²) in [5.41, 5.74) is 3.52. The molecule has 1 fully saturated rings. The molecule has 0 saturated carbocycles. The summed E-state index contributed by atoms with van der Waals surface area (Å²) >= 11 is 4.22. The first-order valence-corrected chi connectivity index (χ1v) is 12.8. The van der Waals surface area contributed by atoms with Crippen LogP contribution in [0.15, 0.2) is 45.8 Å². The molecule has 1 N–H and O–H groups in total. The molecule has 2 aromatic carbocycles. The summed E-state index contributed by atoms with van der Waals surface area (Å²) in [6.07, 6.45) is 1.57. The van der Waals surface area contributed by atoms with Crippen molar-refractivity contribution in [3.63, 3.8) is 0 Å². The molecule has 8 nitrogen and oxygen atoms in total. The van der Waals surface area contributed by atoms with Crippen molar-refractivity contribution in [3.8, 4) is 5.75 Å². The van der Waals surface area contributed by atoms with Crippen LogP contribution in [-0.2, 0) is 19.1 Å². The Labute approximate surface area is 222 Å². The lowest BCUT2D eigenvalue weighted by Crippen LogP contribution is -2.34. The molecular weight excluding hydrogens is 548 g/mol. The Morgan fingerprint density at radius 1 is 1.11 bits per heavy atom. The number of hydrogen-bond acceptors (Lipinski definition) is 7. The number of ether oxygens (including phenoxy) is 2. The number of nitrogens with one attached hydrogen (secondary N) is 1. The average molecular weight is 575 g/mol. The van der Waals surface area contributed by atoms with Gasteiger partial charge < -0.3 is 14.8 Å². The standard InChI is InChI=1S/C26H27BrN2O6S/c1-15(2)13-35-24(31)12-29-25(32)22(36-26(29)33)11-18-5-7-19(8-6-18)34-14-23(30)28-21-10-17(4)16(3)9-20(21)27/h5-11,15H,12-14H2,1-4H3,(H,28,30)/b22-11+. The van der Waals surface area contributed by atoms with Gasteiger partial charge in [-0.25, -0.2) is 0 Å². The van der Waals surface area contributed by atoms with Gasteiger partial charge in [-0.3, -0.25) is 24.1 Å². The minimum atomic E-state index is -0.623. The molecule has 0 spiro atoms. The van der Waals surface area contributed by atoms with E-state index in [0.29, 0.717) is 17.0 Å². The summed E-state index contributed by atoms with van der Waals surface area (Å²) < 4.78 is 11.4. The Kier molecular flexibility index (Phi) is 9.33. The molecule has 10 heteroatoms. The van der Waals surface area contributed by atoms with Gasteiger partial charge in [0.2, 0.25) is 0 Å². The Bertz CT molecular complexity index is 1210. The molecule has 1 saturated heterocycles. The topological polar surface area (TPSA) is 102 Å². The van der Waals surface area contributed by atoms with Gasteiger partial charge in [-0.1, -0.05) is 26.0 Å². The van der Waals surface area contributed by atoms with Crippen molar-refractivity contribution >= 4 is 62.5 Å². The van der Waals surface area contributed by atoms with Crippen LogP contribution >= 0.6 is 27.7 Å². The van der Waals surface area contributed by atoms with E-state index in [4.69, 9.17) is 9.47 Å². The molecule has 0 unspecified atom stereocenters. The maximum absolute atomic E-state index is 12.6. The highest BCUT2D eigenvalue weighted by atomic mass is 79.9. The SMILES string of the molecule is Cc1cc(Br)c(NC(=O)COc2ccc(/C=C3/SC(=O)N(CC(=O)OCC(C)C)C3=O)cc2)cc1C. The number of aryl methyl sites for hydroxylation is 2. The number of thioether (sulfide) groups is 1. The molecule has 36 heavy (non-hydrogen) atoms. The van der Waals surface area contributed by atoms with Gasteiger partial charge >= 0.3 is 5.97 Å². The van der Waals surface area contributed by atoms with Crippen LogP contribution in [0, 0.1) is 19.8 Å². The van der Waals surface area contributed by atoms with E-state index in [0.717, 1.165) is 32.3 Å². The molecule has 1 aliphatic rings. The number of esters is 1. The summed E-state index contributed by atoms with van der Waals surface area (Å²) in [5.74, 6) is -0.834. The van der Waals surface area contributed by atoms with E-state index in [1.807, 2.05) is 39.8 Å². The van der Waals surface area contributed by atoms with E-state index >= 15 is 0 Å². The fraction of sp³-hybridized carbons (Fsp3) is 0.308.